The van der Waals surface area contributed by atoms with Gasteiger partial charge in [-0.25, -0.2) is 12.8 Å². The molecule has 0 atom stereocenters. The monoisotopic (exact) mass is 427 g/mol. The fourth-order valence-corrected chi connectivity index (χ4v) is 4.55. The van der Waals surface area contributed by atoms with Gasteiger partial charge in [0.05, 0.1) is 0 Å². The first-order valence-electron chi connectivity index (χ1n) is 6.49. The molecule has 1 aliphatic carbocycles. The summed E-state index contributed by atoms with van der Waals surface area (Å²) >= 11 is 6.45. The average molecular weight is 429 g/mol. The third-order valence-electron chi connectivity index (χ3n) is 3.47. The van der Waals surface area contributed by atoms with Crippen LogP contribution in [-0.2, 0) is 10.0 Å². The largest absolute Gasteiger partial charge is 0.246 e. The molecule has 0 amide bonds. The molecule has 0 bridgehead atoms. The Hall–Kier alpha value is 0.0200. The van der Waals surface area contributed by atoms with Crippen LogP contribution in [0.5, 0.6) is 0 Å². The molecule has 3 nitrogen and oxygen atoms in total. The van der Waals surface area contributed by atoms with Crippen molar-refractivity contribution in [2.45, 2.75) is 36.6 Å². The highest BCUT2D eigenvalue weighted by Crippen LogP contribution is 2.31. The molecule has 0 N–H and O–H groups in total. The second-order valence-electron chi connectivity index (χ2n) is 4.82. The lowest BCUT2D eigenvalue weighted by Gasteiger charge is -2.36. The maximum absolute atomic E-state index is 14.0. The number of rotatable bonds is 6. The Morgan fingerprint density at radius 2 is 2.05 bits per heavy atom. The molecule has 1 aromatic rings. The number of halogens is 3. The highest BCUT2D eigenvalue weighted by molar-refractivity contribution is 9.10. The molecule has 0 aliphatic heterocycles. The summed E-state index contributed by atoms with van der Waals surface area (Å²) in [6, 6.07) is 4.09. The Kier molecular flexibility index (Phi) is 5.62. The van der Waals surface area contributed by atoms with E-state index in [1.54, 1.807) is 6.07 Å². The van der Waals surface area contributed by atoms with E-state index < -0.39 is 15.8 Å². The van der Waals surface area contributed by atoms with E-state index in [1.165, 1.54) is 16.4 Å². The molecule has 7 heteroatoms. The molecule has 20 heavy (non-hydrogen) atoms. The van der Waals surface area contributed by atoms with E-state index in [0.29, 0.717) is 17.4 Å². The molecule has 1 fully saturated rings. The van der Waals surface area contributed by atoms with Crippen LogP contribution < -0.4 is 0 Å². The summed E-state index contributed by atoms with van der Waals surface area (Å²) in [5.41, 5.74) is 0. The summed E-state index contributed by atoms with van der Waals surface area (Å²) in [6.07, 6.45) is 3.47. The SMILES string of the molecule is O=S(=O)(c1ccc(Br)cc1F)N(CCCBr)C1CCC1. The summed E-state index contributed by atoms with van der Waals surface area (Å²) in [7, 11) is -3.76. The molecule has 1 aromatic carbocycles. The molecule has 1 saturated carbocycles. The molecule has 112 valence electrons. The topological polar surface area (TPSA) is 37.4 Å². The van der Waals surface area contributed by atoms with Crippen molar-refractivity contribution >= 4 is 41.9 Å². The smallest absolute Gasteiger partial charge is 0.207 e. The number of hydrogen-bond donors (Lipinski definition) is 0. The molecule has 1 aliphatic rings. The van der Waals surface area contributed by atoms with Gasteiger partial charge in [0.2, 0.25) is 10.0 Å². The van der Waals surface area contributed by atoms with Crippen LogP contribution in [0.25, 0.3) is 0 Å². The zero-order chi connectivity index (χ0) is 14.8. The van der Waals surface area contributed by atoms with Gasteiger partial charge in [0, 0.05) is 22.4 Å². The van der Waals surface area contributed by atoms with Crippen LogP contribution in [0.3, 0.4) is 0 Å². The molecule has 0 radical (unpaired) electrons. The van der Waals surface area contributed by atoms with E-state index in [0.717, 1.165) is 24.6 Å². The van der Waals surface area contributed by atoms with Crippen LogP contribution in [0.4, 0.5) is 4.39 Å². The van der Waals surface area contributed by atoms with Gasteiger partial charge in [-0.2, -0.15) is 4.31 Å². The maximum atomic E-state index is 14.0. The molecule has 0 spiro atoms. The predicted molar refractivity (Wildman–Crippen MR) is 84.0 cm³/mol. The molecular formula is C13H16Br2FNO2S. The third-order valence-corrected chi connectivity index (χ3v) is 6.51. The van der Waals surface area contributed by atoms with Crippen LogP contribution in [-0.4, -0.2) is 30.6 Å². The first kappa shape index (κ1) is 16.4. The number of alkyl halides is 1. The second kappa shape index (κ2) is 6.85. The van der Waals surface area contributed by atoms with Gasteiger partial charge in [0.25, 0.3) is 0 Å². The van der Waals surface area contributed by atoms with Gasteiger partial charge in [0.15, 0.2) is 0 Å². The second-order valence-corrected chi connectivity index (χ2v) is 8.39. The minimum atomic E-state index is -3.76. The zero-order valence-corrected chi connectivity index (χ0v) is 14.8. The van der Waals surface area contributed by atoms with Crippen molar-refractivity contribution in [3.63, 3.8) is 0 Å². The van der Waals surface area contributed by atoms with E-state index in [4.69, 9.17) is 0 Å². The number of benzene rings is 1. The summed E-state index contributed by atoms with van der Waals surface area (Å²) in [5.74, 6) is -0.706. The van der Waals surface area contributed by atoms with E-state index in [2.05, 4.69) is 31.9 Å². The predicted octanol–water partition coefficient (Wildman–Crippen LogP) is 3.92. The lowest BCUT2D eigenvalue weighted by atomic mass is 9.93. The number of sulfonamides is 1. The van der Waals surface area contributed by atoms with Crippen molar-refractivity contribution in [1.82, 2.24) is 4.31 Å². The highest BCUT2D eigenvalue weighted by Gasteiger charge is 2.35. The van der Waals surface area contributed by atoms with Gasteiger partial charge in [-0.3, -0.25) is 0 Å². The molecule has 0 heterocycles. The standard InChI is InChI=1S/C13H16Br2FNO2S/c14-7-2-8-17(11-3-1-4-11)20(18,19)13-6-5-10(15)9-12(13)16/h5-6,9,11H,1-4,7-8H2. The summed E-state index contributed by atoms with van der Waals surface area (Å²) in [6.45, 7) is 0.424. The van der Waals surface area contributed by atoms with E-state index in [1.807, 2.05) is 0 Å². The average Bonchev–Trinajstić information content (AvgIpc) is 2.31. The van der Waals surface area contributed by atoms with Crippen LogP contribution >= 0.6 is 31.9 Å². The van der Waals surface area contributed by atoms with Crippen molar-refractivity contribution in [1.29, 1.82) is 0 Å². The van der Waals surface area contributed by atoms with Crippen LogP contribution in [0.15, 0.2) is 27.6 Å². The Labute approximate surface area is 135 Å². The lowest BCUT2D eigenvalue weighted by molar-refractivity contribution is 0.219. The van der Waals surface area contributed by atoms with Gasteiger partial charge >= 0.3 is 0 Å². The minimum absolute atomic E-state index is 0.0158. The molecule has 0 saturated heterocycles. The van der Waals surface area contributed by atoms with E-state index >= 15 is 0 Å². The van der Waals surface area contributed by atoms with Crippen molar-refractivity contribution in [2.24, 2.45) is 0 Å². The summed E-state index contributed by atoms with van der Waals surface area (Å²) in [5, 5.41) is 0.731. The van der Waals surface area contributed by atoms with Gasteiger partial charge in [-0.05, 0) is 37.5 Å². The molecular weight excluding hydrogens is 413 g/mol. The number of hydrogen-bond acceptors (Lipinski definition) is 2. The molecule has 0 unspecified atom stereocenters. The summed E-state index contributed by atoms with van der Waals surface area (Å²) < 4.78 is 41.3. The van der Waals surface area contributed by atoms with Crippen molar-refractivity contribution in [2.75, 3.05) is 11.9 Å². The summed E-state index contributed by atoms with van der Waals surface area (Å²) in [4.78, 5) is -0.234. The Bertz CT molecular complexity index is 576. The normalized spacial score (nSPS) is 16.4. The highest BCUT2D eigenvalue weighted by atomic mass is 79.9. The fourth-order valence-electron chi connectivity index (χ4n) is 2.20. The van der Waals surface area contributed by atoms with E-state index in [9.17, 15) is 12.8 Å². The lowest BCUT2D eigenvalue weighted by Crippen LogP contribution is -2.45. The minimum Gasteiger partial charge on any atom is -0.207 e. The van der Waals surface area contributed by atoms with Crippen molar-refractivity contribution in [3.8, 4) is 0 Å². The molecule has 2 rings (SSSR count). The first-order valence-corrected chi connectivity index (χ1v) is 9.85. The Morgan fingerprint density at radius 3 is 2.55 bits per heavy atom. The zero-order valence-electron chi connectivity index (χ0n) is 10.9. The first-order chi connectivity index (χ1) is 9.46. The van der Waals surface area contributed by atoms with Gasteiger partial charge in [-0.1, -0.05) is 38.3 Å². The Morgan fingerprint density at radius 1 is 1.35 bits per heavy atom. The van der Waals surface area contributed by atoms with Crippen LogP contribution in [0.2, 0.25) is 0 Å². The third kappa shape index (κ3) is 3.43. The fraction of sp³-hybridized carbons (Fsp3) is 0.538. The van der Waals surface area contributed by atoms with Crippen molar-refractivity contribution < 1.29 is 12.8 Å². The van der Waals surface area contributed by atoms with Crippen LogP contribution in [0, 0.1) is 5.82 Å². The van der Waals surface area contributed by atoms with Crippen molar-refractivity contribution in [3.05, 3.63) is 28.5 Å². The van der Waals surface area contributed by atoms with Gasteiger partial charge in [0.1, 0.15) is 10.7 Å². The Balaban J connectivity index is 2.33. The van der Waals surface area contributed by atoms with E-state index in [-0.39, 0.29) is 10.9 Å². The van der Waals surface area contributed by atoms with Gasteiger partial charge in [-0.15, -0.1) is 0 Å². The molecule has 0 aromatic heterocycles. The van der Waals surface area contributed by atoms with Gasteiger partial charge < -0.3 is 0 Å². The van der Waals surface area contributed by atoms with Crippen LogP contribution in [0.1, 0.15) is 25.7 Å². The maximum Gasteiger partial charge on any atom is 0.246 e. The quantitative estimate of drug-likeness (QED) is 0.644. The number of nitrogens with zero attached hydrogens (tertiary/aromatic N) is 1.